The molecular weight excluding hydrogens is 250 g/mol. The molecule has 0 radical (unpaired) electrons. The summed E-state index contributed by atoms with van der Waals surface area (Å²) in [5.74, 6) is 6.37. The lowest BCUT2D eigenvalue weighted by molar-refractivity contribution is 0.193. The molecule has 1 aromatic rings. The highest BCUT2D eigenvalue weighted by atomic mass is 16.5. The summed E-state index contributed by atoms with van der Waals surface area (Å²) >= 11 is 0. The lowest BCUT2D eigenvalue weighted by atomic mass is 10.2. The summed E-state index contributed by atoms with van der Waals surface area (Å²) in [6, 6.07) is 8.43. The van der Waals surface area contributed by atoms with Crippen molar-refractivity contribution in [2.45, 2.75) is 31.7 Å². The van der Waals surface area contributed by atoms with Crippen molar-refractivity contribution in [3.63, 3.8) is 0 Å². The van der Waals surface area contributed by atoms with Gasteiger partial charge in [-0.1, -0.05) is 24.7 Å². The molecule has 0 unspecified atom stereocenters. The molecule has 3 heteroatoms. The van der Waals surface area contributed by atoms with Crippen LogP contribution in [0.15, 0.2) is 24.3 Å². The first kappa shape index (κ1) is 14.9. The molecule has 1 N–H and O–H groups in total. The molecule has 3 nitrogen and oxygen atoms in total. The Hall–Kier alpha value is -1.50. The minimum Gasteiger partial charge on any atom is -0.492 e. The molecule has 0 aromatic heterocycles. The van der Waals surface area contributed by atoms with Crippen molar-refractivity contribution in [2.24, 2.45) is 0 Å². The van der Waals surface area contributed by atoms with E-state index in [2.05, 4.69) is 23.8 Å². The Kier molecular flexibility index (Phi) is 5.91. The topological polar surface area (TPSA) is 32.7 Å². The minimum absolute atomic E-state index is 0.105. The maximum Gasteiger partial charge on any atom is 0.119 e. The second-order valence-corrected chi connectivity index (χ2v) is 5.25. The highest BCUT2D eigenvalue weighted by Gasteiger charge is 2.18. The van der Waals surface area contributed by atoms with Gasteiger partial charge in [-0.3, -0.25) is 0 Å². The van der Waals surface area contributed by atoms with Crippen molar-refractivity contribution < 1.29 is 9.84 Å². The van der Waals surface area contributed by atoms with Crippen LogP contribution in [0.2, 0.25) is 0 Å². The van der Waals surface area contributed by atoms with Gasteiger partial charge in [-0.2, -0.15) is 0 Å². The van der Waals surface area contributed by atoms with E-state index < -0.39 is 0 Å². The number of rotatable bonds is 5. The van der Waals surface area contributed by atoms with E-state index >= 15 is 0 Å². The van der Waals surface area contributed by atoms with E-state index in [0.29, 0.717) is 6.61 Å². The number of hydrogen-bond donors (Lipinski definition) is 1. The molecule has 0 spiro atoms. The molecule has 0 bridgehead atoms. The number of ether oxygens (including phenoxy) is 1. The van der Waals surface area contributed by atoms with Gasteiger partial charge >= 0.3 is 0 Å². The average molecular weight is 273 g/mol. The molecule has 0 saturated heterocycles. The molecule has 20 heavy (non-hydrogen) atoms. The number of likely N-dealkylation sites (N-methyl/N-ethyl adjacent to an activating group) is 1. The van der Waals surface area contributed by atoms with E-state index in [1.54, 1.807) is 0 Å². The molecule has 1 fully saturated rings. The maximum atomic E-state index is 8.64. The fourth-order valence-electron chi connectivity index (χ4n) is 2.61. The Bertz CT molecular complexity index is 452. The Morgan fingerprint density at radius 3 is 2.60 bits per heavy atom. The van der Waals surface area contributed by atoms with Crippen LogP contribution in [-0.4, -0.2) is 42.9 Å². The quantitative estimate of drug-likeness (QED) is 0.836. The van der Waals surface area contributed by atoms with Crippen molar-refractivity contribution in [2.75, 3.05) is 26.8 Å². The van der Waals surface area contributed by atoms with Crippen molar-refractivity contribution >= 4 is 0 Å². The number of aliphatic hydroxyl groups excluding tert-OH is 1. The Labute approximate surface area is 121 Å². The van der Waals surface area contributed by atoms with Crippen molar-refractivity contribution in [3.8, 4) is 17.6 Å². The largest absolute Gasteiger partial charge is 0.492 e. The molecule has 1 aliphatic carbocycles. The first-order chi connectivity index (χ1) is 9.79. The van der Waals surface area contributed by atoms with Crippen LogP contribution in [0.4, 0.5) is 0 Å². The third-order valence-corrected chi connectivity index (χ3v) is 3.83. The van der Waals surface area contributed by atoms with Crippen LogP contribution in [0.5, 0.6) is 5.75 Å². The molecule has 2 rings (SSSR count). The molecule has 0 aliphatic heterocycles. The second kappa shape index (κ2) is 7.94. The summed E-state index contributed by atoms with van der Waals surface area (Å²) < 4.78 is 5.76. The zero-order valence-corrected chi connectivity index (χ0v) is 12.1. The van der Waals surface area contributed by atoms with Crippen molar-refractivity contribution in [1.29, 1.82) is 0 Å². The van der Waals surface area contributed by atoms with Crippen LogP contribution in [-0.2, 0) is 0 Å². The Balaban J connectivity index is 1.73. The summed E-state index contributed by atoms with van der Waals surface area (Å²) in [7, 11) is 2.19. The maximum absolute atomic E-state index is 8.64. The van der Waals surface area contributed by atoms with Gasteiger partial charge in [0, 0.05) is 18.2 Å². The van der Waals surface area contributed by atoms with E-state index in [0.717, 1.165) is 23.9 Å². The summed E-state index contributed by atoms with van der Waals surface area (Å²) in [6.45, 7) is 1.58. The molecule has 1 aromatic carbocycles. The average Bonchev–Trinajstić information content (AvgIpc) is 3.00. The molecule has 1 aliphatic rings. The first-order valence-electron chi connectivity index (χ1n) is 7.32. The van der Waals surface area contributed by atoms with E-state index in [1.807, 2.05) is 24.3 Å². The van der Waals surface area contributed by atoms with E-state index in [-0.39, 0.29) is 6.61 Å². The van der Waals surface area contributed by atoms with Gasteiger partial charge in [-0.25, -0.2) is 0 Å². The Morgan fingerprint density at radius 2 is 1.95 bits per heavy atom. The van der Waals surface area contributed by atoms with Gasteiger partial charge in [-0.15, -0.1) is 0 Å². The lowest BCUT2D eigenvalue weighted by Crippen LogP contribution is -2.32. The molecule has 0 amide bonds. The predicted octanol–water partition coefficient (Wildman–Crippen LogP) is 2.28. The van der Waals surface area contributed by atoms with Crippen LogP contribution in [0, 0.1) is 11.8 Å². The van der Waals surface area contributed by atoms with Gasteiger partial charge in [0.15, 0.2) is 0 Å². The molecule has 108 valence electrons. The van der Waals surface area contributed by atoms with E-state index in [1.165, 1.54) is 25.7 Å². The SMILES string of the molecule is CN(CCOc1ccc(C#CCO)cc1)C1CCCC1. The third-order valence-electron chi connectivity index (χ3n) is 3.83. The second-order valence-electron chi connectivity index (χ2n) is 5.25. The normalized spacial score (nSPS) is 15.2. The van der Waals surface area contributed by atoms with Gasteiger partial charge in [0.05, 0.1) is 0 Å². The molecule has 0 heterocycles. The fraction of sp³-hybridized carbons (Fsp3) is 0.529. The fourth-order valence-corrected chi connectivity index (χ4v) is 2.61. The summed E-state index contributed by atoms with van der Waals surface area (Å²) in [5, 5.41) is 8.64. The lowest BCUT2D eigenvalue weighted by Gasteiger charge is -2.23. The highest BCUT2D eigenvalue weighted by molar-refractivity contribution is 5.38. The third kappa shape index (κ3) is 4.56. The van der Waals surface area contributed by atoms with Gasteiger partial charge in [0.1, 0.15) is 19.0 Å². The number of hydrogen-bond acceptors (Lipinski definition) is 3. The zero-order valence-electron chi connectivity index (χ0n) is 12.1. The summed E-state index contributed by atoms with van der Waals surface area (Å²) in [5.41, 5.74) is 0.898. The first-order valence-corrected chi connectivity index (χ1v) is 7.32. The van der Waals surface area contributed by atoms with Crippen LogP contribution in [0.25, 0.3) is 0 Å². The molecular formula is C17H23NO2. The zero-order chi connectivity index (χ0) is 14.2. The monoisotopic (exact) mass is 273 g/mol. The van der Waals surface area contributed by atoms with Gasteiger partial charge < -0.3 is 14.7 Å². The van der Waals surface area contributed by atoms with Gasteiger partial charge in [-0.05, 0) is 44.2 Å². The number of benzene rings is 1. The van der Waals surface area contributed by atoms with Crippen LogP contribution < -0.4 is 4.74 Å². The van der Waals surface area contributed by atoms with Gasteiger partial charge in [0.2, 0.25) is 0 Å². The summed E-state index contributed by atoms with van der Waals surface area (Å²) in [4.78, 5) is 2.41. The molecule has 1 saturated carbocycles. The van der Waals surface area contributed by atoms with Crippen LogP contribution in [0.1, 0.15) is 31.2 Å². The molecule has 0 atom stereocenters. The van der Waals surface area contributed by atoms with Gasteiger partial charge in [0.25, 0.3) is 0 Å². The predicted molar refractivity (Wildman–Crippen MR) is 80.8 cm³/mol. The minimum atomic E-state index is -0.105. The number of nitrogens with zero attached hydrogens (tertiary/aromatic N) is 1. The van der Waals surface area contributed by atoms with Crippen molar-refractivity contribution in [3.05, 3.63) is 29.8 Å². The standard InChI is InChI=1S/C17H23NO2/c1-18(16-6-2-3-7-16)12-14-20-17-10-8-15(9-11-17)5-4-13-19/h8-11,16,19H,2-3,6-7,12-14H2,1H3. The number of aliphatic hydroxyl groups is 1. The van der Waals surface area contributed by atoms with E-state index in [9.17, 15) is 0 Å². The summed E-state index contributed by atoms with van der Waals surface area (Å²) in [6.07, 6.45) is 5.39. The smallest absolute Gasteiger partial charge is 0.119 e. The van der Waals surface area contributed by atoms with Crippen molar-refractivity contribution in [1.82, 2.24) is 4.90 Å². The van der Waals surface area contributed by atoms with Crippen LogP contribution in [0.3, 0.4) is 0 Å². The Morgan fingerprint density at radius 1 is 1.25 bits per heavy atom. The van der Waals surface area contributed by atoms with E-state index in [4.69, 9.17) is 9.84 Å². The van der Waals surface area contributed by atoms with Crippen LogP contribution >= 0.6 is 0 Å². The highest BCUT2D eigenvalue weighted by Crippen LogP contribution is 2.22.